The molecule has 0 aromatic carbocycles. The standard InChI is InChI=1S/C16H20O4/c1-10(8-9-17)6-7-13-11(2)14(19)15(16(13,4)5)20-12(3)18/h6-9,15H,1-5H3/b7-6+,10-8+. The van der Waals surface area contributed by atoms with Crippen molar-refractivity contribution in [3.63, 3.8) is 0 Å². The van der Waals surface area contributed by atoms with Gasteiger partial charge in [0.15, 0.2) is 11.9 Å². The van der Waals surface area contributed by atoms with Crippen LogP contribution >= 0.6 is 0 Å². The van der Waals surface area contributed by atoms with E-state index in [1.165, 1.54) is 13.0 Å². The minimum atomic E-state index is -0.782. The van der Waals surface area contributed by atoms with Gasteiger partial charge in [0.1, 0.15) is 6.29 Å². The van der Waals surface area contributed by atoms with E-state index in [-0.39, 0.29) is 5.78 Å². The van der Waals surface area contributed by atoms with Crippen molar-refractivity contribution in [2.24, 2.45) is 5.41 Å². The molecule has 108 valence electrons. The molecule has 0 aromatic heterocycles. The third kappa shape index (κ3) is 3.13. The van der Waals surface area contributed by atoms with Gasteiger partial charge in [-0.2, -0.15) is 0 Å². The second kappa shape index (κ2) is 5.99. The molecule has 1 aliphatic carbocycles. The zero-order chi connectivity index (χ0) is 15.5. The van der Waals surface area contributed by atoms with Gasteiger partial charge < -0.3 is 4.74 Å². The van der Waals surface area contributed by atoms with Crippen molar-refractivity contribution in [2.45, 2.75) is 40.7 Å². The Morgan fingerprint density at radius 3 is 2.40 bits per heavy atom. The fourth-order valence-corrected chi connectivity index (χ4v) is 2.37. The summed E-state index contributed by atoms with van der Waals surface area (Å²) in [6.07, 6.45) is 4.97. The fraction of sp³-hybridized carbons (Fsp3) is 0.438. The lowest BCUT2D eigenvalue weighted by Crippen LogP contribution is -2.35. The van der Waals surface area contributed by atoms with Crippen LogP contribution in [0.4, 0.5) is 0 Å². The van der Waals surface area contributed by atoms with Crippen LogP contribution in [0.5, 0.6) is 0 Å². The number of Topliss-reactive ketones (excluding diaryl/α,β-unsaturated/α-hetero) is 1. The van der Waals surface area contributed by atoms with Crippen molar-refractivity contribution in [2.75, 3.05) is 0 Å². The van der Waals surface area contributed by atoms with Gasteiger partial charge in [-0.1, -0.05) is 26.0 Å². The molecule has 0 saturated heterocycles. The van der Waals surface area contributed by atoms with E-state index in [1.807, 2.05) is 19.9 Å². The van der Waals surface area contributed by atoms with Crippen molar-refractivity contribution in [1.29, 1.82) is 0 Å². The fourth-order valence-electron chi connectivity index (χ4n) is 2.37. The van der Waals surface area contributed by atoms with E-state index in [0.29, 0.717) is 11.9 Å². The molecule has 1 unspecified atom stereocenters. The lowest BCUT2D eigenvalue weighted by molar-refractivity contribution is -0.155. The van der Waals surface area contributed by atoms with Gasteiger partial charge in [0, 0.05) is 12.3 Å². The van der Waals surface area contributed by atoms with Gasteiger partial charge in [0.25, 0.3) is 0 Å². The van der Waals surface area contributed by atoms with E-state index in [4.69, 9.17) is 4.74 Å². The highest BCUT2D eigenvalue weighted by Crippen LogP contribution is 2.43. The van der Waals surface area contributed by atoms with Crippen LogP contribution in [0.25, 0.3) is 0 Å². The number of carbonyl (C=O) groups is 3. The molecule has 0 saturated carbocycles. The molecule has 0 radical (unpaired) electrons. The molecule has 0 amide bonds. The molecule has 0 heterocycles. The van der Waals surface area contributed by atoms with Gasteiger partial charge in [0.05, 0.1) is 0 Å². The summed E-state index contributed by atoms with van der Waals surface area (Å²) >= 11 is 0. The van der Waals surface area contributed by atoms with Crippen LogP contribution in [-0.2, 0) is 19.1 Å². The van der Waals surface area contributed by atoms with Crippen LogP contribution in [0.1, 0.15) is 34.6 Å². The first-order valence-electron chi connectivity index (χ1n) is 6.44. The van der Waals surface area contributed by atoms with E-state index in [9.17, 15) is 14.4 Å². The largest absolute Gasteiger partial charge is 0.453 e. The summed E-state index contributed by atoms with van der Waals surface area (Å²) in [5.74, 6) is -0.631. The lowest BCUT2D eigenvalue weighted by atomic mass is 9.82. The zero-order valence-corrected chi connectivity index (χ0v) is 12.5. The third-order valence-electron chi connectivity index (χ3n) is 3.49. The molecule has 4 heteroatoms. The van der Waals surface area contributed by atoms with Gasteiger partial charge in [-0.15, -0.1) is 0 Å². The molecule has 4 nitrogen and oxygen atoms in total. The SMILES string of the molecule is CC(=O)OC1C(=O)C(C)=C(/C=C/C(C)=C/C=O)C1(C)C. The minimum Gasteiger partial charge on any atom is -0.453 e. The number of rotatable bonds is 4. The molecule has 0 bridgehead atoms. The maximum Gasteiger partial charge on any atom is 0.303 e. The number of hydrogen-bond donors (Lipinski definition) is 0. The van der Waals surface area contributed by atoms with Crippen LogP contribution < -0.4 is 0 Å². The summed E-state index contributed by atoms with van der Waals surface area (Å²) in [6.45, 7) is 8.56. The topological polar surface area (TPSA) is 60.4 Å². The van der Waals surface area contributed by atoms with Crippen molar-refractivity contribution in [1.82, 2.24) is 0 Å². The lowest BCUT2D eigenvalue weighted by Gasteiger charge is -2.27. The predicted octanol–water partition coefficient (Wildman–Crippen LogP) is 2.54. The Hall–Kier alpha value is -1.97. The summed E-state index contributed by atoms with van der Waals surface area (Å²) in [4.78, 5) is 33.7. The first-order valence-corrected chi connectivity index (χ1v) is 6.44. The second-order valence-electron chi connectivity index (χ2n) is 5.49. The molecular formula is C16H20O4. The van der Waals surface area contributed by atoms with E-state index in [0.717, 1.165) is 11.1 Å². The van der Waals surface area contributed by atoms with Crippen LogP contribution in [0.2, 0.25) is 0 Å². The van der Waals surface area contributed by atoms with E-state index >= 15 is 0 Å². The average molecular weight is 276 g/mol. The predicted molar refractivity (Wildman–Crippen MR) is 76.0 cm³/mol. The number of esters is 1. The Bertz CT molecular complexity index is 533. The molecule has 1 atom stereocenters. The Morgan fingerprint density at radius 1 is 1.30 bits per heavy atom. The van der Waals surface area contributed by atoms with Gasteiger partial charge in [-0.25, -0.2) is 0 Å². The minimum absolute atomic E-state index is 0.165. The summed E-state index contributed by atoms with van der Waals surface area (Å²) in [6, 6.07) is 0. The summed E-state index contributed by atoms with van der Waals surface area (Å²) in [5.41, 5.74) is 1.63. The summed E-state index contributed by atoms with van der Waals surface area (Å²) in [5, 5.41) is 0. The summed E-state index contributed by atoms with van der Waals surface area (Å²) in [7, 11) is 0. The molecule has 0 N–H and O–H groups in total. The molecule has 20 heavy (non-hydrogen) atoms. The average Bonchev–Trinajstić information content (AvgIpc) is 2.48. The first-order chi connectivity index (χ1) is 9.21. The zero-order valence-electron chi connectivity index (χ0n) is 12.5. The van der Waals surface area contributed by atoms with Crippen LogP contribution in [0.15, 0.2) is 34.9 Å². The number of ketones is 1. The van der Waals surface area contributed by atoms with E-state index in [1.54, 1.807) is 19.9 Å². The van der Waals surface area contributed by atoms with Crippen molar-refractivity contribution in [3.8, 4) is 0 Å². The van der Waals surface area contributed by atoms with Crippen molar-refractivity contribution >= 4 is 18.0 Å². The Labute approximate surface area is 119 Å². The molecule has 0 aromatic rings. The van der Waals surface area contributed by atoms with E-state index < -0.39 is 17.5 Å². The number of carbonyl (C=O) groups excluding carboxylic acids is 3. The van der Waals surface area contributed by atoms with Crippen LogP contribution in [0.3, 0.4) is 0 Å². The second-order valence-corrected chi connectivity index (χ2v) is 5.49. The summed E-state index contributed by atoms with van der Waals surface area (Å²) < 4.78 is 5.16. The van der Waals surface area contributed by atoms with Crippen LogP contribution in [-0.4, -0.2) is 24.1 Å². The number of hydrogen-bond acceptors (Lipinski definition) is 4. The molecule has 0 spiro atoms. The number of ether oxygens (including phenoxy) is 1. The highest BCUT2D eigenvalue weighted by atomic mass is 16.5. The van der Waals surface area contributed by atoms with Crippen molar-refractivity contribution in [3.05, 3.63) is 34.9 Å². The molecule has 0 fully saturated rings. The smallest absolute Gasteiger partial charge is 0.303 e. The highest BCUT2D eigenvalue weighted by Gasteiger charge is 2.47. The Morgan fingerprint density at radius 2 is 1.90 bits per heavy atom. The molecule has 0 aliphatic heterocycles. The molecular weight excluding hydrogens is 256 g/mol. The monoisotopic (exact) mass is 276 g/mol. The number of allylic oxidation sites excluding steroid dienone is 4. The Kier molecular flexibility index (Phi) is 4.82. The van der Waals surface area contributed by atoms with Gasteiger partial charge >= 0.3 is 5.97 Å². The van der Waals surface area contributed by atoms with Gasteiger partial charge in [0.2, 0.25) is 0 Å². The Balaban J connectivity index is 3.13. The first kappa shape index (κ1) is 16.1. The maximum atomic E-state index is 12.2. The third-order valence-corrected chi connectivity index (χ3v) is 3.49. The maximum absolute atomic E-state index is 12.2. The highest BCUT2D eigenvalue weighted by molar-refractivity contribution is 6.04. The van der Waals surface area contributed by atoms with Crippen molar-refractivity contribution < 1.29 is 19.1 Å². The molecule has 1 rings (SSSR count). The van der Waals surface area contributed by atoms with Gasteiger partial charge in [-0.3, -0.25) is 14.4 Å². The normalized spacial score (nSPS) is 22.6. The van der Waals surface area contributed by atoms with E-state index in [2.05, 4.69) is 0 Å². The quantitative estimate of drug-likeness (QED) is 0.342. The van der Waals surface area contributed by atoms with Crippen LogP contribution in [0, 0.1) is 5.41 Å². The number of aldehydes is 1. The van der Waals surface area contributed by atoms with Gasteiger partial charge in [-0.05, 0) is 36.6 Å². The molecule has 1 aliphatic rings.